The fourth-order valence-electron chi connectivity index (χ4n) is 1.94. The summed E-state index contributed by atoms with van der Waals surface area (Å²) in [6.45, 7) is 13.4. The molecule has 2 atom stereocenters. The van der Waals surface area contributed by atoms with Gasteiger partial charge in [0.1, 0.15) is 0 Å². The molecule has 92 valence electrons. The standard InChI is InChI=1S/C13H24N2S/c1-7-12(13(4,5)6)15-9(2)11-8-14-10(3)16-11/h8-9,12,15H,7H2,1-6H3. The van der Waals surface area contributed by atoms with E-state index in [9.17, 15) is 0 Å². The fourth-order valence-corrected chi connectivity index (χ4v) is 2.74. The predicted octanol–water partition coefficient (Wildman–Crippen LogP) is 3.93. The Bertz CT molecular complexity index is 325. The van der Waals surface area contributed by atoms with E-state index in [4.69, 9.17) is 0 Å². The van der Waals surface area contributed by atoms with Gasteiger partial charge in [-0.1, -0.05) is 27.7 Å². The summed E-state index contributed by atoms with van der Waals surface area (Å²) in [6, 6.07) is 0.945. The first-order chi connectivity index (χ1) is 7.34. The number of aromatic nitrogens is 1. The van der Waals surface area contributed by atoms with E-state index < -0.39 is 0 Å². The first-order valence-corrected chi connectivity index (χ1v) is 6.84. The van der Waals surface area contributed by atoms with E-state index in [2.05, 4.69) is 51.8 Å². The van der Waals surface area contributed by atoms with Gasteiger partial charge in [-0.2, -0.15) is 0 Å². The predicted molar refractivity (Wildman–Crippen MR) is 71.9 cm³/mol. The summed E-state index contributed by atoms with van der Waals surface area (Å²) in [5.41, 5.74) is 0.308. The van der Waals surface area contributed by atoms with Crippen molar-refractivity contribution in [3.63, 3.8) is 0 Å². The molecule has 16 heavy (non-hydrogen) atoms. The van der Waals surface area contributed by atoms with Crippen molar-refractivity contribution in [2.45, 2.75) is 60.0 Å². The van der Waals surface area contributed by atoms with Crippen LogP contribution in [0.15, 0.2) is 6.20 Å². The Labute approximate surface area is 103 Å². The molecule has 0 saturated carbocycles. The third kappa shape index (κ3) is 3.56. The lowest BCUT2D eigenvalue weighted by Crippen LogP contribution is -2.40. The Hall–Kier alpha value is -0.410. The molecule has 0 bridgehead atoms. The van der Waals surface area contributed by atoms with E-state index in [1.807, 2.05) is 6.20 Å². The Kier molecular flexibility index (Phi) is 4.51. The molecule has 1 rings (SSSR count). The summed E-state index contributed by atoms with van der Waals surface area (Å²) < 4.78 is 0. The smallest absolute Gasteiger partial charge is 0.0897 e. The molecule has 2 nitrogen and oxygen atoms in total. The molecule has 0 aromatic carbocycles. The second-order valence-corrected chi connectivity index (χ2v) is 6.76. The van der Waals surface area contributed by atoms with E-state index in [0.29, 0.717) is 17.5 Å². The Balaban J connectivity index is 2.66. The zero-order chi connectivity index (χ0) is 12.3. The molecule has 3 heteroatoms. The SMILES string of the molecule is CCC(NC(C)c1cnc(C)s1)C(C)(C)C. The van der Waals surface area contributed by atoms with Gasteiger partial charge in [-0.25, -0.2) is 4.98 Å². The van der Waals surface area contributed by atoms with E-state index in [-0.39, 0.29) is 0 Å². The van der Waals surface area contributed by atoms with Crippen molar-refractivity contribution in [3.05, 3.63) is 16.1 Å². The van der Waals surface area contributed by atoms with E-state index in [1.165, 1.54) is 4.88 Å². The molecule has 1 N–H and O–H groups in total. The maximum absolute atomic E-state index is 4.31. The molecule has 0 aliphatic rings. The summed E-state index contributed by atoms with van der Waals surface area (Å²) in [5.74, 6) is 0. The monoisotopic (exact) mass is 240 g/mol. The molecule has 0 amide bonds. The molecule has 0 radical (unpaired) electrons. The average molecular weight is 240 g/mol. The van der Waals surface area contributed by atoms with Gasteiger partial charge in [-0.15, -0.1) is 11.3 Å². The number of hydrogen-bond acceptors (Lipinski definition) is 3. The lowest BCUT2D eigenvalue weighted by atomic mass is 9.85. The number of hydrogen-bond donors (Lipinski definition) is 1. The van der Waals surface area contributed by atoms with Gasteiger partial charge in [0.05, 0.1) is 5.01 Å². The number of rotatable bonds is 4. The van der Waals surface area contributed by atoms with Crippen molar-refractivity contribution in [3.8, 4) is 0 Å². The van der Waals surface area contributed by atoms with E-state index in [1.54, 1.807) is 11.3 Å². The first-order valence-electron chi connectivity index (χ1n) is 6.03. The van der Waals surface area contributed by atoms with Crippen molar-refractivity contribution in [2.24, 2.45) is 5.41 Å². The Morgan fingerprint density at radius 1 is 1.44 bits per heavy atom. The highest BCUT2D eigenvalue weighted by Gasteiger charge is 2.24. The zero-order valence-electron chi connectivity index (χ0n) is 11.3. The van der Waals surface area contributed by atoms with Crippen LogP contribution in [-0.2, 0) is 0 Å². The van der Waals surface area contributed by atoms with E-state index in [0.717, 1.165) is 11.4 Å². The lowest BCUT2D eigenvalue weighted by Gasteiger charge is -2.33. The van der Waals surface area contributed by atoms with Crippen LogP contribution in [0.4, 0.5) is 0 Å². The third-order valence-electron chi connectivity index (χ3n) is 2.97. The first kappa shape index (κ1) is 13.7. The van der Waals surface area contributed by atoms with Crippen LogP contribution in [-0.4, -0.2) is 11.0 Å². The summed E-state index contributed by atoms with van der Waals surface area (Å²) in [6.07, 6.45) is 3.15. The van der Waals surface area contributed by atoms with Gasteiger partial charge in [-0.05, 0) is 25.7 Å². The van der Waals surface area contributed by atoms with Crippen molar-refractivity contribution in [1.82, 2.24) is 10.3 Å². The summed E-state index contributed by atoms with van der Waals surface area (Å²) >= 11 is 1.79. The van der Waals surface area contributed by atoms with Gasteiger partial charge in [0.25, 0.3) is 0 Å². The maximum Gasteiger partial charge on any atom is 0.0897 e. The van der Waals surface area contributed by atoms with Gasteiger partial charge in [0, 0.05) is 23.2 Å². The number of thiazole rings is 1. The molecule has 0 aliphatic carbocycles. The zero-order valence-corrected chi connectivity index (χ0v) is 12.1. The topological polar surface area (TPSA) is 24.9 Å². The largest absolute Gasteiger partial charge is 0.306 e. The highest BCUT2D eigenvalue weighted by Crippen LogP contribution is 2.26. The molecule has 1 heterocycles. The summed E-state index contributed by atoms with van der Waals surface area (Å²) in [7, 11) is 0. The molecule has 0 fully saturated rings. The van der Waals surface area contributed by atoms with Crippen molar-refractivity contribution in [1.29, 1.82) is 0 Å². The quantitative estimate of drug-likeness (QED) is 0.862. The second kappa shape index (κ2) is 5.28. The lowest BCUT2D eigenvalue weighted by molar-refractivity contribution is 0.245. The van der Waals surface area contributed by atoms with Gasteiger partial charge in [0.2, 0.25) is 0 Å². The van der Waals surface area contributed by atoms with Crippen LogP contribution < -0.4 is 5.32 Å². The summed E-state index contributed by atoms with van der Waals surface area (Å²) in [4.78, 5) is 5.65. The van der Waals surface area contributed by atoms with Crippen LogP contribution in [0.5, 0.6) is 0 Å². The minimum Gasteiger partial charge on any atom is -0.306 e. The van der Waals surface area contributed by atoms with Crippen molar-refractivity contribution < 1.29 is 0 Å². The number of nitrogens with one attached hydrogen (secondary N) is 1. The van der Waals surface area contributed by atoms with Crippen LogP contribution in [0.25, 0.3) is 0 Å². The van der Waals surface area contributed by atoms with Crippen LogP contribution in [0.1, 0.15) is 57.0 Å². The van der Waals surface area contributed by atoms with Gasteiger partial charge < -0.3 is 5.32 Å². The van der Waals surface area contributed by atoms with Crippen LogP contribution in [0.3, 0.4) is 0 Å². The van der Waals surface area contributed by atoms with Crippen molar-refractivity contribution in [2.75, 3.05) is 0 Å². The minimum absolute atomic E-state index is 0.308. The highest BCUT2D eigenvalue weighted by molar-refractivity contribution is 7.11. The van der Waals surface area contributed by atoms with Gasteiger partial charge in [0.15, 0.2) is 0 Å². The highest BCUT2D eigenvalue weighted by atomic mass is 32.1. The van der Waals surface area contributed by atoms with Gasteiger partial charge >= 0.3 is 0 Å². The van der Waals surface area contributed by atoms with Gasteiger partial charge in [-0.3, -0.25) is 0 Å². The molecule has 0 saturated heterocycles. The van der Waals surface area contributed by atoms with Crippen LogP contribution in [0.2, 0.25) is 0 Å². The average Bonchev–Trinajstić information content (AvgIpc) is 2.59. The molecule has 2 unspecified atom stereocenters. The van der Waals surface area contributed by atoms with Crippen LogP contribution in [0, 0.1) is 12.3 Å². The number of aryl methyl sites for hydroxylation is 1. The third-order valence-corrected chi connectivity index (χ3v) is 4.07. The molecule has 0 aliphatic heterocycles. The molecular weight excluding hydrogens is 216 g/mol. The molecule has 1 aromatic heterocycles. The van der Waals surface area contributed by atoms with Crippen LogP contribution >= 0.6 is 11.3 Å². The Morgan fingerprint density at radius 2 is 2.06 bits per heavy atom. The van der Waals surface area contributed by atoms with Crippen molar-refractivity contribution >= 4 is 11.3 Å². The Morgan fingerprint density at radius 3 is 2.44 bits per heavy atom. The molecule has 1 aromatic rings. The maximum atomic E-state index is 4.31. The summed E-state index contributed by atoms with van der Waals surface area (Å²) in [5, 5.41) is 4.85. The van der Waals surface area contributed by atoms with E-state index >= 15 is 0 Å². The number of nitrogens with zero attached hydrogens (tertiary/aromatic N) is 1. The fraction of sp³-hybridized carbons (Fsp3) is 0.769. The normalized spacial score (nSPS) is 16.1. The molecule has 0 spiro atoms. The minimum atomic E-state index is 0.308. The molecular formula is C13H24N2S. The second-order valence-electron chi connectivity index (χ2n) is 5.50.